The molecule has 3 fully saturated rings. The Kier molecular flexibility index (Phi) is 7.43. The van der Waals surface area contributed by atoms with Crippen LogP contribution in [0.1, 0.15) is 94.9 Å². The van der Waals surface area contributed by atoms with Crippen LogP contribution in [0.3, 0.4) is 0 Å². The number of thiazole rings is 1. The predicted octanol–water partition coefficient (Wildman–Crippen LogP) is 7.07. The van der Waals surface area contributed by atoms with Gasteiger partial charge >= 0.3 is 0 Å². The van der Waals surface area contributed by atoms with Crippen LogP contribution >= 0.6 is 11.3 Å². The SMILES string of the molecule is C=C1CCC(O)CC1=CC=C1CCC[C@]2(C)[C@@H]([C@H](C)CCC(O)c3nc(C)cs3)CC[C@@H]12. The van der Waals surface area contributed by atoms with Crippen LogP contribution in [0, 0.1) is 30.1 Å². The van der Waals surface area contributed by atoms with Crippen LogP contribution in [0.5, 0.6) is 0 Å². The van der Waals surface area contributed by atoms with Crippen LogP contribution in [-0.4, -0.2) is 21.3 Å². The number of aliphatic hydroxyl groups is 2. The van der Waals surface area contributed by atoms with E-state index < -0.39 is 6.10 Å². The average molecular weight is 456 g/mol. The third kappa shape index (κ3) is 4.98. The van der Waals surface area contributed by atoms with Crippen molar-refractivity contribution in [2.45, 2.75) is 97.2 Å². The largest absolute Gasteiger partial charge is 0.393 e. The fourth-order valence-corrected chi connectivity index (χ4v) is 7.70. The molecule has 0 aliphatic heterocycles. The first-order valence-electron chi connectivity index (χ1n) is 12.6. The van der Waals surface area contributed by atoms with Gasteiger partial charge < -0.3 is 10.2 Å². The first kappa shape index (κ1) is 23.9. The zero-order chi connectivity index (χ0) is 22.9. The monoisotopic (exact) mass is 455 g/mol. The summed E-state index contributed by atoms with van der Waals surface area (Å²) in [6, 6.07) is 0. The van der Waals surface area contributed by atoms with Gasteiger partial charge in [0.25, 0.3) is 0 Å². The molecule has 3 aliphatic carbocycles. The fraction of sp³-hybridized carbons (Fsp3) is 0.679. The van der Waals surface area contributed by atoms with Gasteiger partial charge in [-0.1, -0.05) is 43.7 Å². The van der Waals surface area contributed by atoms with E-state index >= 15 is 0 Å². The second kappa shape index (κ2) is 9.95. The second-order valence-corrected chi connectivity index (χ2v) is 11.8. The molecule has 3 saturated carbocycles. The third-order valence-corrected chi connectivity index (χ3v) is 9.79. The Morgan fingerprint density at radius 1 is 1.25 bits per heavy atom. The van der Waals surface area contributed by atoms with E-state index in [0.29, 0.717) is 17.3 Å². The molecule has 4 heteroatoms. The van der Waals surface area contributed by atoms with Gasteiger partial charge in [-0.15, -0.1) is 11.3 Å². The molecular formula is C28H41NO2S. The zero-order valence-corrected chi connectivity index (χ0v) is 21.0. The number of aromatic nitrogens is 1. The van der Waals surface area contributed by atoms with Crippen LogP contribution in [-0.2, 0) is 0 Å². The lowest BCUT2D eigenvalue weighted by Gasteiger charge is -2.44. The van der Waals surface area contributed by atoms with Gasteiger partial charge in [0.2, 0.25) is 0 Å². The lowest BCUT2D eigenvalue weighted by Crippen LogP contribution is -2.36. The summed E-state index contributed by atoms with van der Waals surface area (Å²) in [5.41, 5.74) is 5.45. The third-order valence-electron chi connectivity index (χ3n) is 8.73. The number of hydrogen-bond acceptors (Lipinski definition) is 4. The quantitative estimate of drug-likeness (QED) is 0.482. The van der Waals surface area contributed by atoms with E-state index in [1.54, 1.807) is 16.9 Å². The van der Waals surface area contributed by atoms with Crippen molar-refractivity contribution in [1.29, 1.82) is 0 Å². The predicted molar refractivity (Wildman–Crippen MR) is 134 cm³/mol. The van der Waals surface area contributed by atoms with Crippen LogP contribution in [0.15, 0.2) is 40.8 Å². The van der Waals surface area contributed by atoms with E-state index in [1.165, 1.54) is 43.3 Å². The molecule has 0 aromatic carbocycles. The molecule has 2 N–H and O–H groups in total. The maximum atomic E-state index is 10.6. The average Bonchev–Trinajstić information content (AvgIpc) is 3.35. The summed E-state index contributed by atoms with van der Waals surface area (Å²) in [6.07, 6.45) is 14.8. The number of aliphatic hydroxyl groups excluding tert-OH is 2. The minimum absolute atomic E-state index is 0.206. The molecule has 1 heterocycles. The highest BCUT2D eigenvalue weighted by atomic mass is 32.1. The highest BCUT2D eigenvalue weighted by Gasteiger charge is 2.50. The summed E-state index contributed by atoms with van der Waals surface area (Å²) in [7, 11) is 0. The van der Waals surface area contributed by atoms with E-state index in [4.69, 9.17) is 0 Å². The summed E-state index contributed by atoms with van der Waals surface area (Å²) in [4.78, 5) is 4.48. The van der Waals surface area contributed by atoms with Crippen molar-refractivity contribution in [3.05, 3.63) is 51.5 Å². The van der Waals surface area contributed by atoms with Gasteiger partial charge in [-0.2, -0.15) is 0 Å². The molecule has 2 unspecified atom stereocenters. The summed E-state index contributed by atoms with van der Waals surface area (Å²) < 4.78 is 0. The smallest absolute Gasteiger partial charge is 0.121 e. The topological polar surface area (TPSA) is 53.4 Å². The highest BCUT2D eigenvalue weighted by Crippen LogP contribution is 2.60. The highest BCUT2D eigenvalue weighted by molar-refractivity contribution is 7.09. The van der Waals surface area contributed by atoms with Crippen LogP contribution < -0.4 is 0 Å². The lowest BCUT2D eigenvalue weighted by molar-refractivity contribution is 0.0824. The minimum Gasteiger partial charge on any atom is -0.393 e. The molecule has 176 valence electrons. The van der Waals surface area contributed by atoms with E-state index in [2.05, 4.69) is 37.6 Å². The molecule has 4 rings (SSSR count). The van der Waals surface area contributed by atoms with Crippen molar-refractivity contribution in [3.63, 3.8) is 0 Å². The standard InChI is InChI=1S/C28H41NO2S/c1-18-7-11-23(30)16-22(18)10-9-21-6-5-15-28(4)24(12-13-25(21)28)19(2)8-14-26(31)27-29-20(3)17-32-27/h9-10,17,19,23-26,30-31H,1,5-8,11-16H2,2-4H3/t19-,23?,24-,25+,26?,28-/m1/s1. The first-order valence-corrected chi connectivity index (χ1v) is 13.5. The van der Waals surface area contributed by atoms with Crippen molar-refractivity contribution in [1.82, 2.24) is 4.98 Å². The Hall–Kier alpha value is -1.23. The van der Waals surface area contributed by atoms with Gasteiger partial charge in [0.1, 0.15) is 11.1 Å². The maximum absolute atomic E-state index is 10.6. The van der Waals surface area contributed by atoms with Crippen LogP contribution in [0.2, 0.25) is 0 Å². The Morgan fingerprint density at radius 2 is 2.06 bits per heavy atom. The molecule has 0 amide bonds. The number of fused-ring (bicyclic) bond motifs is 1. The van der Waals surface area contributed by atoms with Crippen molar-refractivity contribution in [2.24, 2.45) is 23.2 Å². The Labute approximate surface area is 198 Å². The van der Waals surface area contributed by atoms with Crippen LogP contribution in [0.4, 0.5) is 0 Å². The molecule has 0 bridgehead atoms. The van der Waals surface area contributed by atoms with Crippen molar-refractivity contribution >= 4 is 11.3 Å². The maximum Gasteiger partial charge on any atom is 0.121 e. The van der Waals surface area contributed by atoms with Gasteiger partial charge in [0, 0.05) is 11.1 Å². The molecule has 6 atom stereocenters. The van der Waals surface area contributed by atoms with Gasteiger partial charge in [-0.3, -0.25) is 0 Å². The molecule has 1 aromatic rings. The van der Waals surface area contributed by atoms with E-state index in [0.717, 1.165) is 48.7 Å². The van der Waals surface area contributed by atoms with E-state index in [9.17, 15) is 10.2 Å². The molecule has 3 nitrogen and oxygen atoms in total. The van der Waals surface area contributed by atoms with E-state index in [-0.39, 0.29) is 6.10 Å². The fourth-order valence-electron chi connectivity index (χ4n) is 6.88. The van der Waals surface area contributed by atoms with Gasteiger partial charge in [0.15, 0.2) is 0 Å². The zero-order valence-electron chi connectivity index (χ0n) is 20.1. The molecule has 0 spiro atoms. The number of rotatable bonds is 6. The van der Waals surface area contributed by atoms with Gasteiger partial charge in [-0.25, -0.2) is 4.98 Å². The molecule has 0 radical (unpaired) electrons. The number of nitrogens with zero attached hydrogens (tertiary/aromatic N) is 1. The summed E-state index contributed by atoms with van der Waals surface area (Å²) in [5, 5.41) is 23.6. The molecule has 32 heavy (non-hydrogen) atoms. The van der Waals surface area contributed by atoms with Gasteiger partial charge in [-0.05, 0) is 99.9 Å². The normalized spacial score (nSPS) is 35.3. The van der Waals surface area contributed by atoms with Crippen molar-refractivity contribution in [2.75, 3.05) is 0 Å². The Morgan fingerprint density at radius 3 is 2.81 bits per heavy atom. The molecular weight excluding hydrogens is 414 g/mol. The Bertz CT molecular complexity index is 884. The minimum atomic E-state index is -0.423. The van der Waals surface area contributed by atoms with E-state index in [1.807, 2.05) is 12.3 Å². The second-order valence-electron chi connectivity index (χ2n) is 10.9. The molecule has 1 aromatic heterocycles. The molecule has 0 saturated heterocycles. The molecule has 3 aliphatic rings. The van der Waals surface area contributed by atoms with Gasteiger partial charge in [0.05, 0.1) is 6.10 Å². The number of hydrogen-bond donors (Lipinski definition) is 2. The summed E-state index contributed by atoms with van der Waals surface area (Å²) in [5.74, 6) is 2.01. The van der Waals surface area contributed by atoms with Crippen molar-refractivity contribution < 1.29 is 10.2 Å². The van der Waals surface area contributed by atoms with Crippen LogP contribution in [0.25, 0.3) is 0 Å². The lowest BCUT2D eigenvalue weighted by atomic mass is 9.60. The summed E-state index contributed by atoms with van der Waals surface area (Å²) in [6.45, 7) is 11.2. The Balaban J connectivity index is 1.42. The number of aryl methyl sites for hydroxylation is 1. The number of allylic oxidation sites excluding steroid dienone is 4. The van der Waals surface area contributed by atoms with Crippen molar-refractivity contribution in [3.8, 4) is 0 Å². The first-order chi connectivity index (χ1) is 15.3. The summed E-state index contributed by atoms with van der Waals surface area (Å²) >= 11 is 1.58.